The minimum absolute atomic E-state index is 0.203. The zero-order chi connectivity index (χ0) is 21.7. The van der Waals surface area contributed by atoms with Crippen molar-refractivity contribution in [3.8, 4) is 0 Å². The first-order valence-electron chi connectivity index (χ1n) is 9.03. The summed E-state index contributed by atoms with van der Waals surface area (Å²) in [4.78, 5) is 12.6. The quantitative estimate of drug-likeness (QED) is 0.292. The summed E-state index contributed by atoms with van der Waals surface area (Å²) in [7, 11) is -2.19. The molecular weight excluding hydrogens is 513 g/mol. The second-order valence-electron chi connectivity index (χ2n) is 6.48. The topological polar surface area (TPSA) is 78.8 Å². The first kappa shape index (κ1) is 22.0. The van der Waals surface area contributed by atoms with Gasteiger partial charge in [0.1, 0.15) is 0 Å². The second-order valence-corrected chi connectivity index (χ2v) is 9.69. The summed E-state index contributed by atoms with van der Waals surface area (Å²) in [5.74, 6) is -0.375. The molecule has 0 atom stereocenters. The molecule has 30 heavy (non-hydrogen) atoms. The first-order valence-corrected chi connectivity index (χ1v) is 11.6. The molecule has 3 rings (SSSR count). The van der Waals surface area contributed by atoms with Crippen molar-refractivity contribution in [1.82, 2.24) is 5.43 Å². The van der Waals surface area contributed by atoms with Crippen LogP contribution in [0.25, 0.3) is 0 Å². The van der Waals surface area contributed by atoms with Crippen molar-refractivity contribution in [2.45, 2.75) is 11.8 Å². The number of carbonyl (C=O) groups is 1. The minimum Gasteiger partial charge on any atom is -0.269 e. The van der Waals surface area contributed by atoms with Crippen LogP contribution in [-0.4, -0.2) is 27.1 Å². The van der Waals surface area contributed by atoms with Crippen LogP contribution >= 0.6 is 22.6 Å². The summed E-state index contributed by atoms with van der Waals surface area (Å²) in [6.07, 6.45) is 0. The van der Waals surface area contributed by atoms with E-state index in [9.17, 15) is 13.2 Å². The molecule has 0 aliphatic rings. The number of benzene rings is 3. The summed E-state index contributed by atoms with van der Waals surface area (Å²) in [5, 5.41) is 4.15. The van der Waals surface area contributed by atoms with E-state index in [1.807, 2.05) is 31.2 Å². The molecule has 0 saturated heterocycles. The summed E-state index contributed by atoms with van der Waals surface area (Å²) in [5.41, 5.74) is 4.96. The van der Waals surface area contributed by atoms with Crippen LogP contribution in [0.4, 0.5) is 5.69 Å². The Morgan fingerprint density at radius 2 is 1.47 bits per heavy atom. The summed E-state index contributed by atoms with van der Waals surface area (Å²) in [6.45, 7) is 1.81. The van der Waals surface area contributed by atoms with Crippen molar-refractivity contribution in [1.29, 1.82) is 0 Å². The molecule has 0 aliphatic carbocycles. The maximum absolute atomic E-state index is 12.7. The van der Waals surface area contributed by atoms with E-state index in [1.165, 1.54) is 11.4 Å². The highest BCUT2D eigenvalue weighted by Crippen LogP contribution is 2.22. The van der Waals surface area contributed by atoms with Gasteiger partial charge in [-0.2, -0.15) is 5.10 Å². The number of nitrogens with zero attached hydrogens (tertiary/aromatic N) is 2. The third-order valence-corrected chi connectivity index (χ3v) is 7.00. The van der Waals surface area contributed by atoms with Crippen LogP contribution < -0.4 is 9.73 Å². The maximum atomic E-state index is 12.7. The van der Waals surface area contributed by atoms with Gasteiger partial charge < -0.3 is 0 Å². The van der Waals surface area contributed by atoms with Crippen LogP contribution in [0.1, 0.15) is 22.8 Å². The molecule has 6 nitrogen and oxygen atoms in total. The van der Waals surface area contributed by atoms with E-state index in [0.29, 0.717) is 17.0 Å². The highest BCUT2D eigenvalue weighted by Gasteiger charge is 2.21. The van der Waals surface area contributed by atoms with Crippen molar-refractivity contribution < 1.29 is 13.2 Å². The van der Waals surface area contributed by atoms with Gasteiger partial charge in [0.05, 0.1) is 16.3 Å². The van der Waals surface area contributed by atoms with E-state index >= 15 is 0 Å². The number of halogens is 1. The van der Waals surface area contributed by atoms with Crippen LogP contribution in [0.15, 0.2) is 88.9 Å². The maximum Gasteiger partial charge on any atom is 0.271 e. The van der Waals surface area contributed by atoms with Crippen LogP contribution in [0.2, 0.25) is 0 Å². The average Bonchev–Trinajstić information content (AvgIpc) is 2.78. The molecule has 3 aromatic carbocycles. The molecule has 8 heteroatoms. The van der Waals surface area contributed by atoms with E-state index in [-0.39, 0.29) is 10.8 Å². The molecule has 154 valence electrons. The summed E-state index contributed by atoms with van der Waals surface area (Å²) in [6, 6.07) is 22.3. The Labute approximate surface area is 189 Å². The van der Waals surface area contributed by atoms with Gasteiger partial charge >= 0.3 is 0 Å². The van der Waals surface area contributed by atoms with Gasteiger partial charge in [0.15, 0.2) is 0 Å². The van der Waals surface area contributed by atoms with Gasteiger partial charge in [0.2, 0.25) is 0 Å². The smallest absolute Gasteiger partial charge is 0.269 e. The molecule has 0 unspecified atom stereocenters. The molecule has 1 N–H and O–H groups in total. The van der Waals surface area contributed by atoms with E-state index in [2.05, 4.69) is 33.1 Å². The molecule has 0 saturated carbocycles. The number of sulfonamides is 1. The molecule has 0 radical (unpaired) electrons. The molecule has 0 heterocycles. The Kier molecular flexibility index (Phi) is 6.88. The molecule has 0 aromatic heterocycles. The van der Waals surface area contributed by atoms with Gasteiger partial charge in [-0.1, -0.05) is 30.3 Å². The Morgan fingerprint density at radius 3 is 2.07 bits per heavy atom. The molecule has 0 aliphatic heterocycles. The Morgan fingerprint density at radius 1 is 0.900 bits per heavy atom. The largest absolute Gasteiger partial charge is 0.271 e. The number of hydrazone groups is 1. The van der Waals surface area contributed by atoms with Gasteiger partial charge in [0, 0.05) is 16.2 Å². The lowest BCUT2D eigenvalue weighted by molar-refractivity contribution is 0.0955. The van der Waals surface area contributed by atoms with Crippen LogP contribution in [0.5, 0.6) is 0 Å². The van der Waals surface area contributed by atoms with Crippen LogP contribution in [0.3, 0.4) is 0 Å². The van der Waals surface area contributed by atoms with Crippen molar-refractivity contribution in [2.75, 3.05) is 11.4 Å². The Balaban J connectivity index is 1.71. The van der Waals surface area contributed by atoms with E-state index in [4.69, 9.17) is 0 Å². The highest BCUT2D eigenvalue weighted by atomic mass is 127. The number of nitrogens with one attached hydrogen (secondary N) is 1. The van der Waals surface area contributed by atoms with Crippen molar-refractivity contribution in [2.24, 2.45) is 5.10 Å². The normalized spacial score (nSPS) is 11.8. The summed E-state index contributed by atoms with van der Waals surface area (Å²) >= 11 is 2.22. The van der Waals surface area contributed by atoms with Gasteiger partial charge in [-0.15, -0.1) is 0 Å². The van der Waals surface area contributed by atoms with Crippen molar-refractivity contribution in [3.63, 3.8) is 0 Å². The zero-order valence-electron chi connectivity index (χ0n) is 16.4. The standard InChI is InChI=1S/C22H20IN3O3S/c1-16(17-8-12-19(23)13-9-17)24-25-22(27)18-10-14-20(15-11-18)26(2)30(28,29)21-6-4-3-5-7-21/h3-15H,1-2H3,(H,25,27). The van der Waals surface area contributed by atoms with Crippen LogP contribution in [-0.2, 0) is 10.0 Å². The fraction of sp³-hybridized carbons (Fsp3) is 0.0909. The Bertz CT molecular complexity index is 1160. The number of rotatable bonds is 6. The number of hydrogen-bond acceptors (Lipinski definition) is 4. The van der Waals surface area contributed by atoms with Gasteiger partial charge in [-0.25, -0.2) is 13.8 Å². The first-order chi connectivity index (χ1) is 14.3. The van der Waals surface area contributed by atoms with Crippen molar-refractivity contribution >= 4 is 49.9 Å². The average molecular weight is 533 g/mol. The van der Waals surface area contributed by atoms with E-state index in [0.717, 1.165) is 9.13 Å². The van der Waals surface area contributed by atoms with E-state index in [1.54, 1.807) is 54.6 Å². The Hall–Kier alpha value is -2.72. The fourth-order valence-electron chi connectivity index (χ4n) is 2.67. The SMILES string of the molecule is CC(=NNC(=O)c1ccc(N(C)S(=O)(=O)c2ccccc2)cc1)c1ccc(I)cc1. The van der Waals surface area contributed by atoms with E-state index < -0.39 is 10.0 Å². The molecule has 0 fully saturated rings. The molecule has 1 amide bonds. The third kappa shape index (κ3) is 5.06. The van der Waals surface area contributed by atoms with Gasteiger partial charge in [-0.3, -0.25) is 9.10 Å². The third-order valence-electron chi connectivity index (χ3n) is 4.48. The van der Waals surface area contributed by atoms with Gasteiger partial charge in [-0.05, 0) is 83.6 Å². The number of carbonyl (C=O) groups excluding carboxylic acids is 1. The second kappa shape index (κ2) is 9.40. The fourth-order valence-corrected chi connectivity index (χ4v) is 4.24. The lowest BCUT2D eigenvalue weighted by atomic mass is 10.1. The van der Waals surface area contributed by atoms with Crippen molar-refractivity contribution in [3.05, 3.63) is 93.6 Å². The van der Waals surface area contributed by atoms with Crippen LogP contribution in [0, 0.1) is 3.57 Å². The summed E-state index contributed by atoms with van der Waals surface area (Å²) < 4.78 is 27.7. The highest BCUT2D eigenvalue weighted by molar-refractivity contribution is 14.1. The predicted molar refractivity (Wildman–Crippen MR) is 127 cm³/mol. The predicted octanol–water partition coefficient (Wildman–Crippen LogP) is 4.27. The number of amides is 1. The number of hydrogen-bond donors (Lipinski definition) is 1. The lowest BCUT2D eigenvalue weighted by Gasteiger charge is -2.19. The molecular formula is C22H20IN3O3S. The molecule has 3 aromatic rings. The lowest BCUT2D eigenvalue weighted by Crippen LogP contribution is -2.26. The van der Waals surface area contributed by atoms with Gasteiger partial charge in [0.25, 0.3) is 15.9 Å². The minimum atomic E-state index is -3.67. The number of anilines is 1. The molecule has 0 bridgehead atoms. The molecule has 0 spiro atoms. The monoisotopic (exact) mass is 533 g/mol. The zero-order valence-corrected chi connectivity index (χ0v) is 19.4.